The molecule has 1 aromatic rings. The number of amidine groups is 1. The summed E-state index contributed by atoms with van der Waals surface area (Å²) in [4.78, 5) is 14.3. The van der Waals surface area contributed by atoms with E-state index in [-0.39, 0.29) is 11.7 Å². The Morgan fingerprint density at radius 2 is 2.10 bits per heavy atom. The predicted octanol–water partition coefficient (Wildman–Crippen LogP) is 0.961. The van der Waals surface area contributed by atoms with E-state index in [1.54, 1.807) is 19.2 Å². The van der Waals surface area contributed by atoms with Gasteiger partial charge in [-0.25, -0.2) is 0 Å². The largest absolute Gasteiger partial charge is 0.409 e. The number of benzene rings is 1. The van der Waals surface area contributed by atoms with E-state index in [0.717, 1.165) is 18.4 Å². The van der Waals surface area contributed by atoms with Crippen molar-refractivity contribution >= 4 is 11.7 Å². The highest BCUT2D eigenvalue weighted by atomic mass is 16.5. The number of hydrogen-bond donors (Lipinski definition) is 2. The number of amides is 1. The van der Waals surface area contributed by atoms with Crippen LogP contribution in [0.25, 0.3) is 0 Å². The van der Waals surface area contributed by atoms with Crippen LogP contribution in [0, 0.1) is 0 Å². The summed E-state index contributed by atoms with van der Waals surface area (Å²) in [6.45, 7) is 1.20. The van der Waals surface area contributed by atoms with Crippen molar-refractivity contribution in [3.63, 3.8) is 0 Å². The second-order valence-corrected chi connectivity index (χ2v) is 5.17. The number of ether oxygens (including phenoxy) is 1. The van der Waals surface area contributed by atoms with Gasteiger partial charge in [0.1, 0.15) is 0 Å². The summed E-state index contributed by atoms with van der Waals surface area (Å²) >= 11 is 0. The Bertz CT molecular complexity index is 509. The summed E-state index contributed by atoms with van der Waals surface area (Å²) in [6, 6.07) is 7.52. The van der Waals surface area contributed by atoms with Gasteiger partial charge in [0, 0.05) is 25.3 Å². The fraction of sp³-hybridized carbons (Fsp3) is 0.467. The lowest BCUT2D eigenvalue weighted by Gasteiger charge is -2.22. The number of methoxy groups -OCH3 is 1. The summed E-state index contributed by atoms with van der Waals surface area (Å²) in [5.74, 6) is 0.179. The Balaban J connectivity index is 1.97. The molecule has 0 heterocycles. The van der Waals surface area contributed by atoms with Crippen LogP contribution in [0.2, 0.25) is 0 Å². The fourth-order valence-corrected chi connectivity index (χ4v) is 2.21. The van der Waals surface area contributed by atoms with Crippen molar-refractivity contribution in [3.8, 4) is 0 Å². The number of carbonyl (C=O) groups excluding carboxylic acids is 1. The average Bonchev–Trinajstić information content (AvgIpc) is 3.32. The third-order valence-electron chi connectivity index (χ3n) is 3.56. The van der Waals surface area contributed by atoms with Gasteiger partial charge in [-0.3, -0.25) is 4.79 Å². The van der Waals surface area contributed by atoms with Crippen molar-refractivity contribution in [2.75, 3.05) is 20.3 Å². The second-order valence-electron chi connectivity index (χ2n) is 5.17. The van der Waals surface area contributed by atoms with Gasteiger partial charge in [-0.15, -0.1) is 0 Å². The maximum Gasteiger partial charge on any atom is 0.227 e. The van der Waals surface area contributed by atoms with Crippen molar-refractivity contribution in [1.82, 2.24) is 4.90 Å². The third kappa shape index (κ3) is 4.19. The Morgan fingerprint density at radius 3 is 2.62 bits per heavy atom. The molecule has 0 spiro atoms. The first-order valence-corrected chi connectivity index (χ1v) is 7.01. The molecular formula is C15H21N3O3. The van der Waals surface area contributed by atoms with Crippen LogP contribution in [0.4, 0.5) is 0 Å². The van der Waals surface area contributed by atoms with Crippen molar-refractivity contribution in [2.24, 2.45) is 10.9 Å². The number of carbonyl (C=O) groups is 1. The van der Waals surface area contributed by atoms with E-state index in [4.69, 9.17) is 15.7 Å². The van der Waals surface area contributed by atoms with Crippen molar-refractivity contribution in [1.29, 1.82) is 0 Å². The molecular weight excluding hydrogens is 270 g/mol. The highest BCUT2D eigenvalue weighted by molar-refractivity contribution is 5.97. The van der Waals surface area contributed by atoms with Crippen molar-refractivity contribution < 1.29 is 14.7 Å². The van der Waals surface area contributed by atoms with Crippen molar-refractivity contribution in [3.05, 3.63) is 35.4 Å². The highest BCUT2D eigenvalue weighted by Crippen LogP contribution is 2.27. The molecule has 1 aromatic carbocycles. The van der Waals surface area contributed by atoms with E-state index in [9.17, 15) is 4.79 Å². The summed E-state index contributed by atoms with van der Waals surface area (Å²) in [6.07, 6.45) is 2.52. The fourth-order valence-electron chi connectivity index (χ4n) is 2.21. The lowest BCUT2D eigenvalue weighted by atomic mass is 10.1. The van der Waals surface area contributed by atoms with Gasteiger partial charge in [-0.05, 0) is 18.4 Å². The molecule has 0 aliphatic heterocycles. The van der Waals surface area contributed by atoms with Crippen LogP contribution in [-0.4, -0.2) is 48.2 Å². The van der Waals surface area contributed by atoms with E-state index in [2.05, 4.69) is 5.16 Å². The molecule has 6 nitrogen and oxygen atoms in total. The normalized spacial score (nSPS) is 15.0. The maximum atomic E-state index is 12.4. The minimum Gasteiger partial charge on any atom is -0.409 e. The Kier molecular flexibility index (Phi) is 5.16. The molecule has 1 saturated carbocycles. The average molecular weight is 291 g/mol. The van der Waals surface area contributed by atoms with E-state index >= 15 is 0 Å². The quantitative estimate of drug-likeness (QED) is 0.339. The summed E-state index contributed by atoms with van der Waals surface area (Å²) in [5, 5.41) is 11.6. The molecule has 1 aliphatic carbocycles. The van der Waals surface area contributed by atoms with Crippen molar-refractivity contribution in [2.45, 2.75) is 25.3 Å². The van der Waals surface area contributed by atoms with Gasteiger partial charge in [0.05, 0.1) is 13.0 Å². The number of rotatable bonds is 7. The van der Waals surface area contributed by atoms with Crippen LogP contribution < -0.4 is 5.73 Å². The maximum absolute atomic E-state index is 12.4. The molecule has 6 heteroatoms. The van der Waals surface area contributed by atoms with E-state index in [1.165, 1.54) is 0 Å². The van der Waals surface area contributed by atoms with Gasteiger partial charge < -0.3 is 20.6 Å². The van der Waals surface area contributed by atoms with E-state index in [1.807, 2.05) is 17.0 Å². The lowest BCUT2D eigenvalue weighted by Crippen LogP contribution is -2.36. The second kappa shape index (κ2) is 7.08. The van der Waals surface area contributed by atoms with Crippen LogP contribution >= 0.6 is 0 Å². The Hall–Kier alpha value is -2.08. The van der Waals surface area contributed by atoms with E-state index < -0.39 is 0 Å². The number of oxime groups is 1. The SMILES string of the molecule is COCCN(C(=O)Cc1ccc(C(N)=NO)cc1)C1CC1. The van der Waals surface area contributed by atoms with Crippen LogP contribution in [0.1, 0.15) is 24.0 Å². The zero-order valence-corrected chi connectivity index (χ0v) is 12.2. The van der Waals surface area contributed by atoms with Gasteiger partial charge in [-0.2, -0.15) is 0 Å². The predicted molar refractivity (Wildman–Crippen MR) is 79.3 cm³/mol. The number of nitrogens with zero attached hydrogens (tertiary/aromatic N) is 2. The Morgan fingerprint density at radius 1 is 1.43 bits per heavy atom. The minimum atomic E-state index is 0.0626. The lowest BCUT2D eigenvalue weighted by molar-refractivity contribution is -0.131. The first-order chi connectivity index (χ1) is 10.2. The first-order valence-electron chi connectivity index (χ1n) is 7.01. The molecule has 0 atom stereocenters. The number of nitrogens with two attached hydrogens (primary N) is 1. The Labute approximate surface area is 124 Å². The van der Waals surface area contributed by atoms with Gasteiger partial charge >= 0.3 is 0 Å². The molecule has 1 aliphatic rings. The topological polar surface area (TPSA) is 88.2 Å². The molecule has 0 unspecified atom stereocenters. The molecule has 0 bridgehead atoms. The summed E-state index contributed by atoms with van der Waals surface area (Å²) in [5.41, 5.74) is 7.05. The molecule has 1 fully saturated rings. The van der Waals surface area contributed by atoms with E-state index in [0.29, 0.717) is 31.2 Å². The van der Waals surface area contributed by atoms with Crippen LogP contribution in [0.3, 0.4) is 0 Å². The summed E-state index contributed by atoms with van der Waals surface area (Å²) < 4.78 is 5.06. The molecule has 0 saturated heterocycles. The van der Waals surface area contributed by atoms with Gasteiger partial charge in [-0.1, -0.05) is 29.4 Å². The molecule has 0 radical (unpaired) electrons. The smallest absolute Gasteiger partial charge is 0.227 e. The molecule has 3 N–H and O–H groups in total. The minimum absolute atomic E-state index is 0.0626. The molecule has 0 aromatic heterocycles. The summed E-state index contributed by atoms with van der Waals surface area (Å²) in [7, 11) is 1.64. The zero-order valence-electron chi connectivity index (χ0n) is 12.2. The zero-order chi connectivity index (χ0) is 15.2. The molecule has 114 valence electrons. The van der Waals surface area contributed by atoms with Crippen LogP contribution in [0.15, 0.2) is 29.4 Å². The highest BCUT2D eigenvalue weighted by Gasteiger charge is 2.31. The first kappa shape index (κ1) is 15.3. The standard InChI is InChI=1S/C15H21N3O3/c1-21-9-8-18(13-6-7-13)14(19)10-11-2-4-12(5-3-11)15(16)17-20/h2-5,13,20H,6-10H2,1H3,(H2,16,17). The van der Waals surface area contributed by atoms with Crippen LogP contribution in [-0.2, 0) is 16.0 Å². The third-order valence-corrected chi connectivity index (χ3v) is 3.56. The van der Waals surface area contributed by atoms with Crippen LogP contribution in [0.5, 0.6) is 0 Å². The molecule has 2 rings (SSSR count). The molecule has 1 amide bonds. The number of hydrogen-bond acceptors (Lipinski definition) is 4. The molecule has 21 heavy (non-hydrogen) atoms. The van der Waals surface area contributed by atoms with Gasteiger partial charge in [0.2, 0.25) is 5.91 Å². The van der Waals surface area contributed by atoms with Gasteiger partial charge in [0.15, 0.2) is 5.84 Å². The van der Waals surface area contributed by atoms with Gasteiger partial charge in [0.25, 0.3) is 0 Å². The monoisotopic (exact) mass is 291 g/mol.